The molecule has 0 saturated carbocycles. The number of hydrogen-bond donors (Lipinski definition) is 0. The Labute approximate surface area is 169 Å². The van der Waals surface area contributed by atoms with Gasteiger partial charge in [-0.05, 0) is 29.8 Å². The van der Waals surface area contributed by atoms with E-state index in [-0.39, 0.29) is 17.5 Å². The average Bonchev–Trinajstić information content (AvgIpc) is 2.67. The number of benzene rings is 1. The average molecular weight is 421 g/mol. The molecule has 0 bridgehead atoms. The first kappa shape index (κ1) is 19.2. The van der Waals surface area contributed by atoms with Gasteiger partial charge in [-0.15, -0.1) is 4.40 Å². The van der Waals surface area contributed by atoms with Crippen molar-refractivity contribution in [2.45, 2.75) is 6.54 Å². The first-order valence-electron chi connectivity index (χ1n) is 9.15. The monoisotopic (exact) mass is 420 g/mol. The summed E-state index contributed by atoms with van der Waals surface area (Å²) in [4.78, 5) is 18.8. The van der Waals surface area contributed by atoms with E-state index in [1.807, 2.05) is 24.3 Å². The molecule has 28 heavy (non-hydrogen) atoms. The number of hydrogen-bond acceptors (Lipinski definition) is 5. The third-order valence-electron chi connectivity index (χ3n) is 5.04. The minimum Gasteiger partial charge on any atom is -0.336 e. The summed E-state index contributed by atoms with van der Waals surface area (Å²) in [7, 11) is -3.52. The number of carbonyl (C=O) groups excluding carboxylic acids is 1. The molecule has 0 aromatic heterocycles. The van der Waals surface area contributed by atoms with Crippen LogP contribution in [0.3, 0.4) is 0 Å². The Morgan fingerprint density at radius 3 is 2.68 bits per heavy atom. The number of allylic oxidation sites excluding steroid dienone is 2. The molecule has 4 rings (SSSR count). The maximum Gasteiger partial charge on any atom is 0.257 e. The van der Waals surface area contributed by atoms with Gasteiger partial charge < -0.3 is 9.80 Å². The molecule has 0 radical (unpaired) electrons. The fraction of sp³-hybridized carbons (Fsp3) is 0.368. The number of halogens is 1. The Morgan fingerprint density at radius 1 is 1.14 bits per heavy atom. The highest BCUT2D eigenvalue weighted by atomic mass is 35.5. The number of amidine groups is 1. The topological polar surface area (TPSA) is 73.3 Å². The van der Waals surface area contributed by atoms with Crippen LogP contribution in [0.1, 0.15) is 5.56 Å². The molecule has 0 spiro atoms. The zero-order valence-corrected chi connectivity index (χ0v) is 16.9. The van der Waals surface area contributed by atoms with Gasteiger partial charge in [-0.1, -0.05) is 23.7 Å². The molecule has 1 fully saturated rings. The predicted octanol–water partition coefficient (Wildman–Crippen LogP) is 1.48. The Kier molecular flexibility index (Phi) is 5.27. The lowest BCUT2D eigenvalue weighted by Gasteiger charge is -2.36. The van der Waals surface area contributed by atoms with E-state index in [1.165, 1.54) is 0 Å². The Morgan fingerprint density at radius 2 is 1.93 bits per heavy atom. The number of carbonyl (C=O) groups is 1. The number of fused-ring (bicyclic) bond motifs is 1. The molecule has 1 saturated heterocycles. The van der Waals surface area contributed by atoms with Crippen molar-refractivity contribution in [2.24, 2.45) is 4.40 Å². The van der Waals surface area contributed by atoms with Crippen LogP contribution < -0.4 is 0 Å². The third kappa shape index (κ3) is 4.14. The fourth-order valence-electron chi connectivity index (χ4n) is 3.56. The largest absolute Gasteiger partial charge is 0.336 e. The highest BCUT2D eigenvalue weighted by molar-refractivity contribution is 7.90. The van der Waals surface area contributed by atoms with Crippen LogP contribution in [-0.2, 0) is 21.4 Å². The number of piperazine rings is 1. The van der Waals surface area contributed by atoms with Gasteiger partial charge in [-0.3, -0.25) is 9.69 Å². The van der Waals surface area contributed by atoms with Gasteiger partial charge in [-0.2, -0.15) is 0 Å². The summed E-state index contributed by atoms with van der Waals surface area (Å²) in [6.45, 7) is 3.76. The third-order valence-corrected chi connectivity index (χ3v) is 6.43. The number of nitrogens with zero attached hydrogens (tertiary/aromatic N) is 4. The summed E-state index contributed by atoms with van der Waals surface area (Å²) in [5, 5.41) is 0.719. The summed E-state index contributed by atoms with van der Waals surface area (Å²) in [6, 6.07) is 7.78. The molecule has 0 unspecified atom stereocenters. The lowest BCUT2D eigenvalue weighted by molar-refractivity contribution is -0.128. The SMILES string of the molecule is O=C(C1=CC=CN2CCS(=O)(=O)N=C12)N1CCN(Cc2cccc(Cl)c2)CC1. The maximum absolute atomic E-state index is 13.0. The zero-order chi connectivity index (χ0) is 19.7. The van der Waals surface area contributed by atoms with Crippen molar-refractivity contribution in [3.05, 3.63) is 58.8 Å². The highest BCUT2D eigenvalue weighted by Crippen LogP contribution is 2.20. The fourth-order valence-corrected chi connectivity index (χ4v) is 4.75. The molecule has 148 valence electrons. The van der Waals surface area contributed by atoms with Crippen molar-refractivity contribution in [3.8, 4) is 0 Å². The second-order valence-corrected chi connectivity index (χ2v) is 9.21. The van der Waals surface area contributed by atoms with E-state index >= 15 is 0 Å². The molecule has 9 heteroatoms. The van der Waals surface area contributed by atoms with E-state index in [0.29, 0.717) is 25.2 Å². The van der Waals surface area contributed by atoms with Gasteiger partial charge >= 0.3 is 0 Å². The van der Waals surface area contributed by atoms with Gasteiger partial charge in [0.25, 0.3) is 15.9 Å². The molecule has 1 aromatic rings. The van der Waals surface area contributed by atoms with Crippen LogP contribution in [0.25, 0.3) is 0 Å². The molecule has 0 atom stereocenters. The van der Waals surface area contributed by atoms with Crippen LogP contribution in [0.15, 0.2) is 52.6 Å². The smallest absolute Gasteiger partial charge is 0.257 e. The van der Waals surface area contributed by atoms with Crippen LogP contribution in [0.5, 0.6) is 0 Å². The van der Waals surface area contributed by atoms with Gasteiger partial charge in [0.05, 0.1) is 11.3 Å². The molecular formula is C19H21ClN4O3S. The van der Waals surface area contributed by atoms with Gasteiger partial charge in [0.2, 0.25) is 0 Å². The summed E-state index contributed by atoms with van der Waals surface area (Å²) < 4.78 is 27.6. The molecule has 1 aromatic carbocycles. The highest BCUT2D eigenvalue weighted by Gasteiger charge is 2.33. The molecule has 3 heterocycles. The Hall–Kier alpha value is -2.16. The van der Waals surface area contributed by atoms with E-state index < -0.39 is 10.0 Å². The van der Waals surface area contributed by atoms with Crippen molar-refractivity contribution in [1.29, 1.82) is 0 Å². The van der Waals surface area contributed by atoms with Crippen LogP contribution in [-0.4, -0.2) is 73.3 Å². The first-order chi connectivity index (χ1) is 13.4. The molecule has 3 aliphatic rings. The van der Waals surface area contributed by atoms with Crippen molar-refractivity contribution >= 4 is 33.4 Å². The lowest BCUT2D eigenvalue weighted by atomic mass is 10.1. The first-order valence-corrected chi connectivity index (χ1v) is 11.1. The van der Waals surface area contributed by atoms with E-state index in [2.05, 4.69) is 9.30 Å². The Bertz CT molecular complexity index is 979. The number of rotatable bonds is 3. The van der Waals surface area contributed by atoms with Gasteiger partial charge in [-0.25, -0.2) is 8.42 Å². The predicted molar refractivity (Wildman–Crippen MR) is 108 cm³/mol. The summed E-state index contributed by atoms with van der Waals surface area (Å²) in [6.07, 6.45) is 5.17. The zero-order valence-electron chi connectivity index (χ0n) is 15.3. The summed E-state index contributed by atoms with van der Waals surface area (Å²) in [5.41, 5.74) is 1.49. The quantitative estimate of drug-likeness (QED) is 0.740. The van der Waals surface area contributed by atoms with E-state index in [0.717, 1.165) is 30.2 Å². The van der Waals surface area contributed by atoms with Crippen LogP contribution >= 0.6 is 11.6 Å². The molecular weight excluding hydrogens is 400 g/mol. The minimum absolute atomic E-state index is 0.0372. The second kappa shape index (κ2) is 7.69. The normalized spacial score (nSPS) is 21.8. The van der Waals surface area contributed by atoms with E-state index in [1.54, 1.807) is 28.2 Å². The van der Waals surface area contributed by atoms with Crippen molar-refractivity contribution in [3.63, 3.8) is 0 Å². The minimum atomic E-state index is -3.52. The molecule has 3 aliphatic heterocycles. The molecule has 7 nitrogen and oxygen atoms in total. The van der Waals surface area contributed by atoms with E-state index in [9.17, 15) is 13.2 Å². The molecule has 0 aliphatic carbocycles. The Balaban J connectivity index is 1.42. The van der Waals surface area contributed by atoms with Crippen LogP contribution in [0, 0.1) is 0 Å². The van der Waals surface area contributed by atoms with E-state index in [4.69, 9.17) is 11.6 Å². The second-order valence-electron chi connectivity index (χ2n) is 7.01. The maximum atomic E-state index is 13.0. The molecule has 0 N–H and O–H groups in total. The number of sulfonamides is 1. The van der Waals surface area contributed by atoms with Crippen molar-refractivity contribution < 1.29 is 13.2 Å². The number of amides is 1. The van der Waals surface area contributed by atoms with Gasteiger partial charge in [0.1, 0.15) is 0 Å². The summed E-state index contributed by atoms with van der Waals surface area (Å²) in [5.74, 6) is 0.0255. The lowest BCUT2D eigenvalue weighted by Crippen LogP contribution is -2.50. The van der Waals surface area contributed by atoms with Gasteiger partial charge in [0, 0.05) is 50.5 Å². The van der Waals surface area contributed by atoms with Crippen LogP contribution in [0.4, 0.5) is 0 Å². The van der Waals surface area contributed by atoms with Gasteiger partial charge in [0.15, 0.2) is 5.84 Å². The standard InChI is InChI=1S/C19H21ClN4O3S/c20-16-4-1-3-15(13-16)14-22-7-9-24(10-8-22)19(25)17-5-2-6-23-11-12-28(26,27)21-18(17)23/h1-6,13H,7-12,14H2. The molecule has 1 amide bonds. The van der Waals surface area contributed by atoms with Crippen molar-refractivity contribution in [2.75, 3.05) is 38.5 Å². The summed E-state index contributed by atoms with van der Waals surface area (Å²) >= 11 is 6.05. The van der Waals surface area contributed by atoms with Crippen molar-refractivity contribution in [1.82, 2.24) is 14.7 Å². The van der Waals surface area contributed by atoms with Crippen LogP contribution in [0.2, 0.25) is 5.02 Å².